The number of aromatic nitrogens is 4. The predicted molar refractivity (Wildman–Crippen MR) is 101 cm³/mol. The SMILES string of the molecule is O=S(=O)(Cc1ccc(Cl)cc1)c1cc2[nH]c(-n3cccn3)nc2cc1Cl. The Morgan fingerprint density at radius 1 is 1.12 bits per heavy atom. The second-order valence-corrected chi connectivity index (χ2v) is 8.50. The maximum absolute atomic E-state index is 12.8. The molecule has 1 N–H and O–H groups in total. The molecule has 0 aliphatic heterocycles. The molecule has 0 aliphatic rings. The number of hydrogen-bond acceptors (Lipinski definition) is 4. The molecule has 26 heavy (non-hydrogen) atoms. The summed E-state index contributed by atoms with van der Waals surface area (Å²) < 4.78 is 27.2. The van der Waals surface area contributed by atoms with Crippen LogP contribution < -0.4 is 0 Å². The first kappa shape index (κ1) is 17.1. The topological polar surface area (TPSA) is 80.6 Å². The summed E-state index contributed by atoms with van der Waals surface area (Å²) in [5.74, 6) is 0.309. The minimum absolute atomic E-state index is 0.0530. The molecular formula is C17H12Cl2N4O2S. The minimum Gasteiger partial charge on any atom is -0.322 e. The number of aromatic amines is 1. The summed E-state index contributed by atoms with van der Waals surface area (Å²) in [5, 5.41) is 4.78. The van der Waals surface area contributed by atoms with Crippen molar-refractivity contribution in [2.45, 2.75) is 10.6 Å². The van der Waals surface area contributed by atoms with Crippen LogP contribution in [0.3, 0.4) is 0 Å². The van der Waals surface area contributed by atoms with Crippen molar-refractivity contribution < 1.29 is 8.42 Å². The number of sulfone groups is 1. The van der Waals surface area contributed by atoms with Gasteiger partial charge in [0.2, 0.25) is 5.95 Å². The number of rotatable bonds is 4. The van der Waals surface area contributed by atoms with Gasteiger partial charge in [0.05, 0.1) is 26.7 Å². The molecule has 0 fully saturated rings. The zero-order valence-electron chi connectivity index (χ0n) is 13.2. The maximum atomic E-state index is 12.8. The normalized spacial score (nSPS) is 11.9. The Labute approximate surface area is 159 Å². The molecule has 0 radical (unpaired) electrons. The molecule has 0 spiro atoms. The molecule has 132 valence electrons. The summed E-state index contributed by atoms with van der Waals surface area (Å²) in [6.45, 7) is 0. The van der Waals surface area contributed by atoms with E-state index in [0.29, 0.717) is 27.6 Å². The van der Waals surface area contributed by atoms with E-state index in [1.807, 2.05) is 0 Å². The second-order valence-electron chi connectivity index (χ2n) is 5.70. The first-order valence-corrected chi connectivity index (χ1v) is 10.00. The van der Waals surface area contributed by atoms with E-state index in [9.17, 15) is 8.42 Å². The molecule has 2 heterocycles. The van der Waals surface area contributed by atoms with Crippen LogP contribution in [0.2, 0.25) is 10.0 Å². The van der Waals surface area contributed by atoms with Crippen LogP contribution in [0, 0.1) is 0 Å². The molecule has 4 aromatic rings. The van der Waals surface area contributed by atoms with Gasteiger partial charge in [-0.2, -0.15) is 5.10 Å². The van der Waals surface area contributed by atoms with Crippen LogP contribution in [-0.4, -0.2) is 28.2 Å². The van der Waals surface area contributed by atoms with Crippen LogP contribution in [0.4, 0.5) is 0 Å². The lowest BCUT2D eigenvalue weighted by Crippen LogP contribution is -2.05. The zero-order valence-corrected chi connectivity index (χ0v) is 15.6. The van der Waals surface area contributed by atoms with Gasteiger partial charge in [-0.05, 0) is 35.9 Å². The van der Waals surface area contributed by atoms with Gasteiger partial charge in [0.15, 0.2) is 9.84 Å². The Balaban J connectivity index is 1.75. The molecule has 9 heteroatoms. The molecule has 2 aromatic heterocycles. The van der Waals surface area contributed by atoms with Crippen LogP contribution >= 0.6 is 23.2 Å². The standard InChI is InChI=1S/C17H12Cl2N4O2S/c18-12-4-2-11(3-5-12)10-26(24,25)16-9-15-14(8-13(16)19)21-17(22-15)23-7-1-6-20-23/h1-9H,10H2,(H,21,22). The summed E-state index contributed by atoms with van der Waals surface area (Å²) >= 11 is 12.1. The van der Waals surface area contributed by atoms with Crippen molar-refractivity contribution in [1.29, 1.82) is 0 Å². The third-order valence-electron chi connectivity index (χ3n) is 3.85. The lowest BCUT2D eigenvalue weighted by molar-refractivity contribution is 0.595. The highest BCUT2D eigenvalue weighted by atomic mass is 35.5. The molecule has 2 aromatic carbocycles. The molecule has 0 saturated heterocycles. The van der Waals surface area contributed by atoms with Crippen molar-refractivity contribution in [3.8, 4) is 5.95 Å². The quantitative estimate of drug-likeness (QED) is 0.554. The van der Waals surface area contributed by atoms with E-state index in [2.05, 4.69) is 15.1 Å². The van der Waals surface area contributed by atoms with Crippen molar-refractivity contribution in [3.63, 3.8) is 0 Å². The Bertz CT molecular complexity index is 1180. The minimum atomic E-state index is -3.64. The highest BCUT2D eigenvalue weighted by molar-refractivity contribution is 7.90. The maximum Gasteiger partial charge on any atom is 0.229 e. The van der Waals surface area contributed by atoms with Gasteiger partial charge in [-0.3, -0.25) is 0 Å². The summed E-state index contributed by atoms with van der Waals surface area (Å²) in [7, 11) is -3.64. The van der Waals surface area contributed by atoms with Gasteiger partial charge in [-0.25, -0.2) is 18.1 Å². The van der Waals surface area contributed by atoms with E-state index in [1.165, 1.54) is 12.1 Å². The third kappa shape index (κ3) is 3.21. The highest BCUT2D eigenvalue weighted by Gasteiger charge is 2.21. The number of halogens is 2. The number of nitrogens with zero attached hydrogens (tertiary/aromatic N) is 3. The molecule has 0 saturated carbocycles. The van der Waals surface area contributed by atoms with Gasteiger partial charge >= 0.3 is 0 Å². The molecule has 0 aliphatic carbocycles. The van der Waals surface area contributed by atoms with Gasteiger partial charge < -0.3 is 4.98 Å². The van der Waals surface area contributed by atoms with Gasteiger partial charge in [-0.15, -0.1) is 0 Å². The Hall–Kier alpha value is -2.35. The lowest BCUT2D eigenvalue weighted by Gasteiger charge is -2.07. The van der Waals surface area contributed by atoms with Crippen LogP contribution in [0.5, 0.6) is 0 Å². The molecule has 6 nitrogen and oxygen atoms in total. The number of imidazole rings is 1. The highest BCUT2D eigenvalue weighted by Crippen LogP contribution is 2.29. The van der Waals surface area contributed by atoms with E-state index < -0.39 is 9.84 Å². The summed E-state index contributed by atoms with van der Waals surface area (Å²) in [5.41, 5.74) is 1.76. The van der Waals surface area contributed by atoms with E-state index in [1.54, 1.807) is 47.4 Å². The van der Waals surface area contributed by atoms with Crippen LogP contribution in [-0.2, 0) is 15.6 Å². The second kappa shape index (κ2) is 6.42. The summed E-state index contributed by atoms with van der Waals surface area (Å²) in [6.07, 6.45) is 3.36. The first-order valence-electron chi connectivity index (χ1n) is 7.59. The largest absolute Gasteiger partial charge is 0.322 e. The smallest absolute Gasteiger partial charge is 0.229 e. The molecule has 0 unspecified atom stereocenters. The summed E-state index contributed by atoms with van der Waals surface area (Å²) in [4.78, 5) is 7.49. The van der Waals surface area contributed by atoms with Crippen molar-refractivity contribution >= 4 is 44.1 Å². The molecular weight excluding hydrogens is 395 g/mol. The number of benzene rings is 2. The van der Waals surface area contributed by atoms with Gasteiger partial charge in [0.25, 0.3) is 0 Å². The van der Waals surface area contributed by atoms with Crippen LogP contribution in [0.1, 0.15) is 5.56 Å². The van der Waals surface area contributed by atoms with E-state index >= 15 is 0 Å². The zero-order chi connectivity index (χ0) is 18.3. The average molecular weight is 407 g/mol. The fourth-order valence-corrected chi connectivity index (χ4v) is 4.69. The fourth-order valence-electron chi connectivity index (χ4n) is 2.62. The van der Waals surface area contributed by atoms with Gasteiger partial charge in [-0.1, -0.05) is 35.3 Å². The average Bonchev–Trinajstić information content (AvgIpc) is 3.24. The van der Waals surface area contributed by atoms with Crippen LogP contribution in [0.15, 0.2) is 59.8 Å². The van der Waals surface area contributed by atoms with Crippen molar-refractivity contribution in [2.75, 3.05) is 0 Å². The number of hydrogen-bond donors (Lipinski definition) is 1. The molecule has 0 bridgehead atoms. The number of fused-ring (bicyclic) bond motifs is 1. The Morgan fingerprint density at radius 3 is 2.58 bits per heavy atom. The van der Waals surface area contributed by atoms with E-state index in [4.69, 9.17) is 23.2 Å². The fraction of sp³-hybridized carbons (Fsp3) is 0.0588. The van der Waals surface area contributed by atoms with Crippen molar-refractivity contribution in [3.05, 3.63) is 70.5 Å². The summed E-state index contributed by atoms with van der Waals surface area (Å²) in [6, 6.07) is 11.5. The van der Waals surface area contributed by atoms with Crippen LogP contribution in [0.25, 0.3) is 17.0 Å². The molecule has 0 amide bonds. The van der Waals surface area contributed by atoms with Gasteiger partial charge in [0, 0.05) is 17.4 Å². The van der Waals surface area contributed by atoms with E-state index in [-0.39, 0.29) is 15.7 Å². The predicted octanol–water partition coefficient (Wildman–Crippen LogP) is 4.03. The Morgan fingerprint density at radius 2 is 1.88 bits per heavy atom. The Kier molecular flexibility index (Phi) is 4.22. The monoisotopic (exact) mass is 406 g/mol. The van der Waals surface area contributed by atoms with Crippen molar-refractivity contribution in [2.24, 2.45) is 0 Å². The van der Waals surface area contributed by atoms with Crippen molar-refractivity contribution in [1.82, 2.24) is 19.7 Å². The number of nitrogens with one attached hydrogen (secondary N) is 1. The number of H-pyrrole nitrogens is 1. The van der Waals surface area contributed by atoms with Gasteiger partial charge in [0.1, 0.15) is 0 Å². The van der Waals surface area contributed by atoms with E-state index in [0.717, 1.165) is 0 Å². The molecule has 4 rings (SSSR count). The lowest BCUT2D eigenvalue weighted by atomic mass is 10.2. The molecule has 0 atom stereocenters. The first-order chi connectivity index (χ1) is 12.4. The third-order valence-corrected chi connectivity index (χ3v) is 6.25.